The normalized spacial score (nSPS) is 18.2. The standard InChI is InChI=1S/C16H19N3O2/c1-11(20)12-9-15(18(2)10-12)16(21)19-8-4-6-14(19)13-5-3-7-17-13/h3,5,7,9-10,14,17H,4,6,8H2,1-2H3. The molecule has 2 aromatic rings. The van der Waals surface area contributed by atoms with Gasteiger partial charge in [-0.3, -0.25) is 9.59 Å². The number of hydrogen-bond donors (Lipinski definition) is 1. The number of likely N-dealkylation sites (tertiary alicyclic amines) is 1. The first kappa shape index (κ1) is 13.7. The molecule has 1 unspecified atom stereocenters. The number of nitrogens with zero attached hydrogens (tertiary/aromatic N) is 2. The fourth-order valence-electron chi connectivity index (χ4n) is 3.00. The molecule has 0 radical (unpaired) electrons. The molecule has 0 bridgehead atoms. The topological polar surface area (TPSA) is 58.1 Å². The number of hydrogen-bond acceptors (Lipinski definition) is 2. The maximum absolute atomic E-state index is 12.8. The molecule has 0 aromatic carbocycles. The van der Waals surface area contributed by atoms with Gasteiger partial charge in [-0.15, -0.1) is 0 Å². The number of aryl methyl sites for hydroxylation is 1. The zero-order chi connectivity index (χ0) is 15.0. The van der Waals surface area contributed by atoms with Crippen molar-refractivity contribution in [1.29, 1.82) is 0 Å². The summed E-state index contributed by atoms with van der Waals surface area (Å²) in [6.45, 7) is 2.27. The van der Waals surface area contributed by atoms with Gasteiger partial charge in [0.1, 0.15) is 5.69 Å². The summed E-state index contributed by atoms with van der Waals surface area (Å²) in [5, 5.41) is 0. The maximum atomic E-state index is 12.8. The van der Waals surface area contributed by atoms with Crippen molar-refractivity contribution < 1.29 is 9.59 Å². The van der Waals surface area contributed by atoms with Gasteiger partial charge in [0.15, 0.2) is 5.78 Å². The molecule has 0 saturated carbocycles. The Balaban J connectivity index is 1.89. The number of ketones is 1. The van der Waals surface area contributed by atoms with Gasteiger partial charge >= 0.3 is 0 Å². The molecule has 1 N–H and O–H groups in total. The number of aromatic amines is 1. The van der Waals surface area contributed by atoms with E-state index in [9.17, 15) is 9.59 Å². The summed E-state index contributed by atoms with van der Waals surface area (Å²) in [6.07, 6.45) is 5.57. The van der Waals surface area contributed by atoms with E-state index in [1.54, 1.807) is 23.9 Å². The molecule has 5 nitrogen and oxygen atoms in total. The van der Waals surface area contributed by atoms with Crippen LogP contribution in [0, 0.1) is 0 Å². The molecule has 1 atom stereocenters. The smallest absolute Gasteiger partial charge is 0.271 e. The van der Waals surface area contributed by atoms with Crippen LogP contribution in [0.3, 0.4) is 0 Å². The molecule has 5 heteroatoms. The Labute approximate surface area is 123 Å². The van der Waals surface area contributed by atoms with Crippen LogP contribution in [-0.2, 0) is 7.05 Å². The molecule has 3 heterocycles. The Morgan fingerprint density at radius 1 is 1.38 bits per heavy atom. The Morgan fingerprint density at radius 2 is 2.19 bits per heavy atom. The van der Waals surface area contributed by atoms with Crippen molar-refractivity contribution in [2.45, 2.75) is 25.8 Å². The number of aromatic nitrogens is 2. The third-order valence-electron chi connectivity index (χ3n) is 4.13. The molecule has 1 amide bonds. The second-order valence-corrected chi connectivity index (χ2v) is 5.56. The molecule has 110 valence electrons. The van der Waals surface area contributed by atoms with Gasteiger partial charge in [0.05, 0.1) is 6.04 Å². The molecule has 0 aliphatic carbocycles. The predicted octanol–water partition coefficient (Wildman–Crippen LogP) is 2.53. The largest absolute Gasteiger partial charge is 0.363 e. The van der Waals surface area contributed by atoms with Crippen molar-refractivity contribution in [3.8, 4) is 0 Å². The highest BCUT2D eigenvalue weighted by Gasteiger charge is 2.32. The van der Waals surface area contributed by atoms with Gasteiger partial charge in [0.2, 0.25) is 0 Å². The minimum atomic E-state index is -0.0213. The van der Waals surface area contributed by atoms with Crippen LogP contribution >= 0.6 is 0 Å². The van der Waals surface area contributed by atoms with Crippen LogP contribution in [-0.4, -0.2) is 32.7 Å². The van der Waals surface area contributed by atoms with Crippen LogP contribution in [0.25, 0.3) is 0 Å². The molecule has 2 aromatic heterocycles. The van der Waals surface area contributed by atoms with Crippen molar-refractivity contribution in [2.75, 3.05) is 6.54 Å². The van der Waals surface area contributed by atoms with Gasteiger partial charge < -0.3 is 14.5 Å². The van der Waals surface area contributed by atoms with Crippen molar-refractivity contribution >= 4 is 11.7 Å². The Bertz CT molecular complexity index is 670. The third kappa shape index (κ3) is 2.39. The van der Waals surface area contributed by atoms with Crippen molar-refractivity contribution in [2.24, 2.45) is 7.05 Å². The molecule has 0 spiro atoms. The van der Waals surface area contributed by atoms with Crippen LogP contribution in [0.4, 0.5) is 0 Å². The van der Waals surface area contributed by atoms with Crippen LogP contribution < -0.4 is 0 Å². The molecule has 3 rings (SSSR count). The molecule has 1 fully saturated rings. The van der Waals surface area contributed by atoms with Crippen LogP contribution in [0.15, 0.2) is 30.6 Å². The second kappa shape index (κ2) is 5.24. The molecular weight excluding hydrogens is 266 g/mol. The van der Waals surface area contributed by atoms with E-state index in [2.05, 4.69) is 4.98 Å². The van der Waals surface area contributed by atoms with E-state index in [1.165, 1.54) is 6.92 Å². The van der Waals surface area contributed by atoms with Gasteiger partial charge in [-0.25, -0.2) is 0 Å². The van der Waals surface area contributed by atoms with Crippen LogP contribution in [0.1, 0.15) is 52.3 Å². The average molecular weight is 285 g/mol. The molecule has 1 aliphatic heterocycles. The summed E-state index contributed by atoms with van der Waals surface area (Å²) in [6, 6.07) is 5.76. The first-order valence-corrected chi connectivity index (χ1v) is 7.19. The minimum absolute atomic E-state index is 0.0119. The monoisotopic (exact) mass is 285 g/mol. The zero-order valence-corrected chi connectivity index (χ0v) is 12.3. The van der Waals surface area contributed by atoms with Gasteiger partial charge in [-0.2, -0.15) is 0 Å². The summed E-state index contributed by atoms with van der Waals surface area (Å²) < 4.78 is 1.74. The highest BCUT2D eigenvalue weighted by Crippen LogP contribution is 2.32. The molecule has 21 heavy (non-hydrogen) atoms. The number of nitrogens with one attached hydrogen (secondary N) is 1. The quantitative estimate of drug-likeness (QED) is 0.881. The van der Waals surface area contributed by atoms with Gasteiger partial charge in [0, 0.05) is 37.2 Å². The van der Waals surface area contributed by atoms with Gasteiger partial charge in [0.25, 0.3) is 5.91 Å². The fourth-order valence-corrected chi connectivity index (χ4v) is 3.00. The summed E-state index contributed by atoms with van der Waals surface area (Å²) in [4.78, 5) is 29.3. The number of carbonyl (C=O) groups excluding carboxylic acids is 2. The lowest BCUT2D eigenvalue weighted by Crippen LogP contribution is -2.31. The average Bonchev–Trinajstić information content (AvgIpc) is 3.17. The van der Waals surface area contributed by atoms with E-state index in [-0.39, 0.29) is 17.7 Å². The minimum Gasteiger partial charge on any atom is -0.363 e. The lowest BCUT2D eigenvalue weighted by Gasteiger charge is -2.24. The highest BCUT2D eigenvalue weighted by molar-refractivity contribution is 5.99. The Morgan fingerprint density at radius 3 is 2.81 bits per heavy atom. The van der Waals surface area contributed by atoms with Crippen molar-refractivity contribution in [3.63, 3.8) is 0 Å². The van der Waals surface area contributed by atoms with E-state index in [1.807, 2.05) is 23.2 Å². The van der Waals surface area contributed by atoms with E-state index in [4.69, 9.17) is 0 Å². The first-order valence-electron chi connectivity index (χ1n) is 7.19. The summed E-state index contributed by atoms with van der Waals surface area (Å²) in [5.41, 5.74) is 2.22. The summed E-state index contributed by atoms with van der Waals surface area (Å²) >= 11 is 0. The fraction of sp³-hybridized carbons (Fsp3) is 0.375. The third-order valence-corrected chi connectivity index (χ3v) is 4.13. The van der Waals surface area contributed by atoms with Crippen molar-refractivity contribution in [1.82, 2.24) is 14.5 Å². The predicted molar refractivity (Wildman–Crippen MR) is 79.2 cm³/mol. The SMILES string of the molecule is CC(=O)c1cc(C(=O)N2CCCC2c2ccc[nH]2)n(C)c1. The van der Waals surface area contributed by atoms with E-state index >= 15 is 0 Å². The first-order chi connectivity index (χ1) is 10.1. The van der Waals surface area contributed by atoms with Crippen LogP contribution in [0.2, 0.25) is 0 Å². The van der Waals surface area contributed by atoms with Gasteiger partial charge in [-0.1, -0.05) is 0 Å². The summed E-state index contributed by atoms with van der Waals surface area (Å²) in [7, 11) is 1.80. The van der Waals surface area contributed by atoms with Crippen molar-refractivity contribution in [3.05, 3.63) is 47.5 Å². The second-order valence-electron chi connectivity index (χ2n) is 5.56. The van der Waals surface area contributed by atoms with E-state index in [0.717, 1.165) is 25.1 Å². The zero-order valence-electron chi connectivity index (χ0n) is 12.3. The lowest BCUT2D eigenvalue weighted by atomic mass is 10.1. The Hall–Kier alpha value is -2.30. The molecule has 1 aliphatic rings. The van der Waals surface area contributed by atoms with E-state index in [0.29, 0.717) is 11.3 Å². The Kier molecular flexibility index (Phi) is 3.41. The van der Waals surface area contributed by atoms with Gasteiger partial charge in [-0.05, 0) is 38.0 Å². The highest BCUT2D eigenvalue weighted by atomic mass is 16.2. The number of Topliss-reactive ketones (excluding diaryl/α,β-unsaturated/α-hetero) is 1. The molecule has 1 saturated heterocycles. The van der Waals surface area contributed by atoms with Crippen LogP contribution in [0.5, 0.6) is 0 Å². The number of amides is 1. The number of carbonyl (C=O) groups is 2. The number of rotatable bonds is 3. The summed E-state index contributed by atoms with van der Waals surface area (Å²) in [5.74, 6) is -0.0333. The molecular formula is C16H19N3O2. The maximum Gasteiger partial charge on any atom is 0.271 e. The number of H-pyrrole nitrogens is 1. The lowest BCUT2D eigenvalue weighted by molar-refractivity contribution is 0.0723. The van der Waals surface area contributed by atoms with E-state index < -0.39 is 0 Å².